The maximum absolute atomic E-state index is 13.5. The highest BCUT2D eigenvalue weighted by molar-refractivity contribution is 9.10. The summed E-state index contributed by atoms with van der Waals surface area (Å²) in [5.74, 6) is 0.414. The lowest BCUT2D eigenvalue weighted by molar-refractivity contribution is -0.128. The van der Waals surface area contributed by atoms with Crippen molar-refractivity contribution in [2.75, 3.05) is 19.1 Å². The van der Waals surface area contributed by atoms with Crippen molar-refractivity contribution in [3.05, 3.63) is 58.1 Å². The number of para-hydroxylation sites is 1. The van der Waals surface area contributed by atoms with Gasteiger partial charge in [0.25, 0.3) is 0 Å². The van der Waals surface area contributed by atoms with Crippen molar-refractivity contribution in [2.45, 2.75) is 38.4 Å². The Morgan fingerprint density at radius 2 is 2.07 bits per heavy atom. The lowest BCUT2D eigenvalue weighted by Gasteiger charge is -2.27. The van der Waals surface area contributed by atoms with Gasteiger partial charge in [-0.05, 0) is 56.6 Å². The van der Waals surface area contributed by atoms with Crippen molar-refractivity contribution >= 4 is 33.4 Å². The van der Waals surface area contributed by atoms with Crippen molar-refractivity contribution < 1.29 is 14.3 Å². The number of anilines is 1. The molecule has 2 unspecified atom stereocenters. The first-order valence-electron chi connectivity index (χ1n) is 9.64. The summed E-state index contributed by atoms with van der Waals surface area (Å²) in [6, 6.07) is 12.7. The van der Waals surface area contributed by atoms with E-state index < -0.39 is 6.04 Å². The Bertz CT molecular complexity index is 903. The van der Waals surface area contributed by atoms with Crippen LogP contribution in [0.2, 0.25) is 0 Å². The summed E-state index contributed by atoms with van der Waals surface area (Å²) in [4.78, 5) is 27.6. The minimum atomic E-state index is -0.580. The Balaban J connectivity index is 1.96. The topological polar surface area (TPSA) is 70.7 Å². The van der Waals surface area contributed by atoms with Gasteiger partial charge in [0, 0.05) is 15.7 Å². The number of halogens is 1. The van der Waals surface area contributed by atoms with Crippen LogP contribution in [0.4, 0.5) is 5.69 Å². The standard InChI is InChI=1S/C22H26BrN3O3/c1-14(24-2)21(27)25-18-10-8-15-6-4-5-7-19(15)26(22(18)28)13-16-12-17(23)9-11-20(16)29-3/h4-7,9,11-12,14,18,24H,8,10,13H2,1-3H3,(H,25,27). The molecule has 0 saturated heterocycles. The lowest BCUT2D eigenvalue weighted by Crippen LogP contribution is -2.52. The van der Waals surface area contributed by atoms with Crippen LogP contribution in [0.1, 0.15) is 24.5 Å². The number of rotatable bonds is 6. The molecule has 7 heteroatoms. The summed E-state index contributed by atoms with van der Waals surface area (Å²) < 4.78 is 6.41. The first-order valence-corrected chi connectivity index (χ1v) is 10.4. The number of likely N-dealkylation sites (N-methyl/N-ethyl adjacent to an activating group) is 1. The molecule has 0 spiro atoms. The first-order chi connectivity index (χ1) is 13.9. The Morgan fingerprint density at radius 3 is 2.79 bits per heavy atom. The molecule has 2 amide bonds. The summed E-state index contributed by atoms with van der Waals surface area (Å²) in [6.45, 7) is 2.13. The molecule has 29 heavy (non-hydrogen) atoms. The predicted molar refractivity (Wildman–Crippen MR) is 117 cm³/mol. The number of carbonyl (C=O) groups is 2. The van der Waals surface area contributed by atoms with Crippen LogP contribution in [0.15, 0.2) is 46.9 Å². The van der Waals surface area contributed by atoms with Gasteiger partial charge < -0.3 is 20.3 Å². The molecule has 0 bridgehead atoms. The van der Waals surface area contributed by atoms with Gasteiger partial charge in [-0.25, -0.2) is 0 Å². The summed E-state index contributed by atoms with van der Waals surface area (Å²) >= 11 is 3.50. The number of nitrogens with zero attached hydrogens (tertiary/aromatic N) is 1. The molecule has 2 N–H and O–H groups in total. The van der Waals surface area contributed by atoms with E-state index in [1.165, 1.54) is 0 Å². The number of ether oxygens (including phenoxy) is 1. The third kappa shape index (κ3) is 4.79. The van der Waals surface area contributed by atoms with Crippen molar-refractivity contribution in [2.24, 2.45) is 0 Å². The van der Waals surface area contributed by atoms with Crippen LogP contribution in [-0.4, -0.2) is 38.1 Å². The molecular weight excluding hydrogens is 434 g/mol. The predicted octanol–water partition coefficient (Wildman–Crippen LogP) is 3.03. The lowest BCUT2D eigenvalue weighted by atomic mass is 10.1. The number of hydrogen-bond acceptors (Lipinski definition) is 4. The Kier molecular flexibility index (Phi) is 6.92. The van der Waals surface area contributed by atoms with Crippen LogP contribution in [0.5, 0.6) is 5.75 Å². The summed E-state index contributed by atoms with van der Waals surface area (Å²) in [7, 11) is 3.34. The zero-order valence-electron chi connectivity index (χ0n) is 16.9. The quantitative estimate of drug-likeness (QED) is 0.696. The Morgan fingerprint density at radius 1 is 1.31 bits per heavy atom. The average Bonchev–Trinajstić information content (AvgIpc) is 2.85. The summed E-state index contributed by atoms with van der Waals surface area (Å²) in [5.41, 5.74) is 2.85. The third-order valence-electron chi connectivity index (χ3n) is 5.26. The van der Waals surface area contributed by atoms with Gasteiger partial charge in [-0.1, -0.05) is 34.1 Å². The minimum Gasteiger partial charge on any atom is -0.496 e. The Labute approximate surface area is 179 Å². The molecular formula is C22H26BrN3O3. The molecule has 1 aliphatic rings. The highest BCUT2D eigenvalue weighted by Gasteiger charge is 2.32. The van der Waals surface area contributed by atoms with E-state index in [1.54, 1.807) is 26.0 Å². The van der Waals surface area contributed by atoms with Gasteiger partial charge in [0.1, 0.15) is 11.8 Å². The number of nitrogens with one attached hydrogen (secondary N) is 2. The number of aryl methyl sites for hydroxylation is 1. The largest absolute Gasteiger partial charge is 0.496 e. The van der Waals surface area contributed by atoms with Gasteiger partial charge in [-0.15, -0.1) is 0 Å². The van der Waals surface area contributed by atoms with E-state index >= 15 is 0 Å². The monoisotopic (exact) mass is 459 g/mol. The molecule has 2 aromatic carbocycles. The second kappa shape index (κ2) is 9.41. The second-order valence-corrected chi connectivity index (χ2v) is 8.04. The summed E-state index contributed by atoms with van der Waals surface area (Å²) in [5, 5.41) is 5.83. The maximum Gasteiger partial charge on any atom is 0.249 e. The SMILES string of the molecule is CNC(C)C(=O)NC1CCc2ccccc2N(Cc2cc(Br)ccc2OC)C1=O. The molecule has 0 radical (unpaired) electrons. The van der Waals surface area contributed by atoms with Crippen LogP contribution in [0.3, 0.4) is 0 Å². The van der Waals surface area contributed by atoms with Crippen molar-refractivity contribution in [1.29, 1.82) is 0 Å². The highest BCUT2D eigenvalue weighted by Crippen LogP contribution is 2.31. The third-order valence-corrected chi connectivity index (χ3v) is 5.76. The molecule has 0 aromatic heterocycles. The zero-order valence-corrected chi connectivity index (χ0v) is 18.5. The molecule has 0 aliphatic carbocycles. The molecule has 2 aromatic rings. The van der Waals surface area contributed by atoms with E-state index in [1.807, 2.05) is 42.5 Å². The van der Waals surface area contributed by atoms with E-state index in [2.05, 4.69) is 26.6 Å². The second-order valence-electron chi connectivity index (χ2n) is 7.12. The number of hydrogen-bond donors (Lipinski definition) is 2. The van der Waals surface area contributed by atoms with Crippen molar-refractivity contribution in [1.82, 2.24) is 10.6 Å². The van der Waals surface area contributed by atoms with E-state index in [0.717, 1.165) is 21.3 Å². The van der Waals surface area contributed by atoms with Crippen molar-refractivity contribution in [3.8, 4) is 5.75 Å². The van der Waals surface area contributed by atoms with Crippen LogP contribution >= 0.6 is 15.9 Å². The number of amides is 2. The maximum atomic E-state index is 13.5. The Hall–Kier alpha value is -2.38. The van der Waals surface area contributed by atoms with E-state index in [-0.39, 0.29) is 17.9 Å². The van der Waals surface area contributed by atoms with Crippen molar-refractivity contribution in [3.63, 3.8) is 0 Å². The van der Waals surface area contributed by atoms with E-state index in [9.17, 15) is 9.59 Å². The van der Waals surface area contributed by atoms with Gasteiger partial charge in [-0.3, -0.25) is 9.59 Å². The van der Waals surface area contributed by atoms with E-state index in [4.69, 9.17) is 4.74 Å². The summed E-state index contributed by atoms with van der Waals surface area (Å²) in [6.07, 6.45) is 1.27. The first kappa shape index (κ1) is 21.3. The molecule has 1 aliphatic heterocycles. The normalized spacial score (nSPS) is 17.3. The smallest absolute Gasteiger partial charge is 0.249 e. The highest BCUT2D eigenvalue weighted by atomic mass is 79.9. The fraction of sp³-hybridized carbons (Fsp3) is 0.364. The molecule has 3 rings (SSSR count). The fourth-order valence-corrected chi connectivity index (χ4v) is 3.89. The molecule has 0 fully saturated rings. The van der Waals surface area contributed by atoms with Crippen LogP contribution < -0.4 is 20.3 Å². The number of benzene rings is 2. The van der Waals surface area contributed by atoms with E-state index in [0.29, 0.717) is 25.1 Å². The minimum absolute atomic E-state index is 0.117. The van der Waals surface area contributed by atoms with Gasteiger partial charge >= 0.3 is 0 Å². The zero-order chi connectivity index (χ0) is 21.0. The van der Waals surface area contributed by atoms with Crippen LogP contribution in [0, 0.1) is 0 Å². The molecule has 6 nitrogen and oxygen atoms in total. The number of fused-ring (bicyclic) bond motifs is 1. The molecule has 1 heterocycles. The molecule has 0 saturated carbocycles. The fourth-order valence-electron chi connectivity index (χ4n) is 3.48. The number of carbonyl (C=O) groups excluding carboxylic acids is 2. The van der Waals surface area contributed by atoms with Gasteiger partial charge in [0.15, 0.2) is 0 Å². The molecule has 154 valence electrons. The van der Waals surface area contributed by atoms with Crippen LogP contribution in [0.25, 0.3) is 0 Å². The van der Waals surface area contributed by atoms with Crippen LogP contribution in [-0.2, 0) is 22.6 Å². The van der Waals surface area contributed by atoms with Gasteiger partial charge in [0.2, 0.25) is 11.8 Å². The molecule has 2 atom stereocenters. The number of methoxy groups -OCH3 is 1. The van der Waals surface area contributed by atoms with Gasteiger partial charge in [0.05, 0.1) is 19.7 Å². The average molecular weight is 460 g/mol. The van der Waals surface area contributed by atoms with Gasteiger partial charge in [-0.2, -0.15) is 0 Å².